The first-order valence-corrected chi connectivity index (χ1v) is 18.6. The van der Waals surface area contributed by atoms with Crippen molar-refractivity contribution in [2.24, 2.45) is 28.6 Å². The Labute approximate surface area is 256 Å². The number of carbonyl (C=O) groups is 4. The molecule has 4 aliphatic rings. The SMILES string of the molecule is CCNC(=O)O[C@@]1(C(=O)COC(C)=O)[C@@H](C)CC2C3CCC4=CC(=O)C=C[C@]4(C)C3(F)[C@@H](O[Si](CC)(CC)CC)C[C@@]21C. The number of rotatable bonds is 10. The van der Waals surface area contributed by atoms with E-state index in [1.807, 2.05) is 20.8 Å². The summed E-state index contributed by atoms with van der Waals surface area (Å²) in [4.78, 5) is 51.6. The Hall–Kier alpha value is -2.33. The van der Waals surface area contributed by atoms with Gasteiger partial charge in [-0.2, -0.15) is 0 Å². The van der Waals surface area contributed by atoms with Crippen molar-refractivity contribution in [2.45, 2.75) is 117 Å². The molecule has 0 saturated heterocycles. The van der Waals surface area contributed by atoms with Crippen LogP contribution in [0, 0.1) is 28.6 Å². The van der Waals surface area contributed by atoms with Crippen molar-refractivity contribution in [3.63, 3.8) is 0 Å². The van der Waals surface area contributed by atoms with Crippen molar-refractivity contribution in [3.05, 3.63) is 23.8 Å². The molecule has 43 heavy (non-hydrogen) atoms. The second-order valence-corrected chi connectivity index (χ2v) is 18.3. The molecule has 10 heteroatoms. The lowest BCUT2D eigenvalue weighted by atomic mass is 9.44. The molecule has 0 heterocycles. The second-order valence-electron chi connectivity index (χ2n) is 13.6. The molecule has 8 atom stereocenters. The number of Topliss-reactive ketones (excluding diaryl/α,β-unsaturated/α-hetero) is 1. The monoisotopic (exact) mass is 619 g/mol. The van der Waals surface area contributed by atoms with Gasteiger partial charge in [0.15, 0.2) is 32.0 Å². The van der Waals surface area contributed by atoms with E-state index in [0.29, 0.717) is 25.8 Å². The van der Waals surface area contributed by atoms with Crippen LogP contribution in [0.3, 0.4) is 0 Å². The molecule has 0 radical (unpaired) electrons. The lowest BCUT2D eigenvalue weighted by Gasteiger charge is -2.64. The molecule has 0 aromatic rings. The minimum absolute atomic E-state index is 0.132. The summed E-state index contributed by atoms with van der Waals surface area (Å²) >= 11 is 0. The van der Waals surface area contributed by atoms with Crippen LogP contribution >= 0.6 is 0 Å². The normalized spacial score (nSPS) is 38.3. The van der Waals surface area contributed by atoms with Crippen LogP contribution in [0.4, 0.5) is 9.18 Å². The number of ketones is 2. The Kier molecular flexibility index (Phi) is 9.27. The van der Waals surface area contributed by atoms with Gasteiger partial charge in [0.1, 0.15) is 0 Å². The Morgan fingerprint density at radius 1 is 1.09 bits per heavy atom. The number of hydrogen-bond acceptors (Lipinski definition) is 7. The number of hydrogen-bond donors (Lipinski definition) is 1. The van der Waals surface area contributed by atoms with Crippen molar-refractivity contribution in [3.8, 4) is 0 Å². The van der Waals surface area contributed by atoms with E-state index in [9.17, 15) is 19.2 Å². The van der Waals surface area contributed by atoms with E-state index in [2.05, 4.69) is 26.1 Å². The van der Waals surface area contributed by atoms with Gasteiger partial charge >= 0.3 is 12.1 Å². The average molecular weight is 620 g/mol. The van der Waals surface area contributed by atoms with E-state index >= 15 is 4.39 Å². The number of alkyl halides is 1. The maximum absolute atomic E-state index is 18.7. The minimum atomic E-state index is -2.40. The molecule has 0 aromatic carbocycles. The number of allylic oxidation sites excluding steroid dienone is 4. The van der Waals surface area contributed by atoms with Crippen LogP contribution in [0.5, 0.6) is 0 Å². The fourth-order valence-electron chi connectivity index (χ4n) is 9.39. The molecule has 4 rings (SSSR count). The van der Waals surface area contributed by atoms with Crippen molar-refractivity contribution < 1.29 is 37.5 Å². The Bertz CT molecular complexity index is 1210. The maximum atomic E-state index is 18.7. The topological polar surface area (TPSA) is 108 Å². The Morgan fingerprint density at radius 3 is 2.33 bits per heavy atom. The zero-order valence-corrected chi connectivity index (χ0v) is 28.1. The first-order chi connectivity index (χ1) is 20.1. The van der Waals surface area contributed by atoms with Crippen LogP contribution in [0.2, 0.25) is 18.1 Å². The van der Waals surface area contributed by atoms with Gasteiger partial charge in [0, 0.05) is 36.1 Å². The van der Waals surface area contributed by atoms with Gasteiger partial charge in [-0.15, -0.1) is 0 Å². The van der Waals surface area contributed by atoms with E-state index in [0.717, 1.165) is 23.7 Å². The van der Waals surface area contributed by atoms with Crippen LogP contribution < -0.4 is 5.32 Å². The third-order valence-electron chi connectivity index (χ3n) is 11.9. The highest BCUT2D eigenvalue weighted by molar-refractivity contribution is 6.73. The Morgan fingerprint density at radius 2 is 1.74 bits per heavy atom. The lowest BCUT2D eigenvalue weighted by Crippen LogP contribution is -2.71. The molecule has 240 valence electrons. The van der Waals surface area contributed by atoms with Gasteiger partial charge in [-0.05, 0) is 75.7 Å². The third-order valence-corrected chi connectivity index (χ3v) is 16.5. The number of nitrogens with one attached hydrogen (secondary N) is 1. The van der Waals surface area contributed by atoms with E-state index in [4.69, 9.17) is 13.9 Å². The highest BCUT2D eigenvalue weighted by atomic mass is 28.4. The summed E-state index contributed by atoms with van der Waals surface area (Å²) in [6, 6.07) is 2.44. The summed E-state index contributed by atoms with van der Waals surface area (Å²) in [6.07, 6.45) is 4.84. The summed E-state index contributed by atoms with van der Waals surface area (Å²) in [5, 5.41) is 2.67. The summed E-state index contributed by atoms with van der Waals surface area (Å²) in [5.41, 5.74) is -4.77. The molecule has 0 aliphatic heterocycles. The van der Waals surface area contributed by atoms with Crippen LogP contribution in [0.25, 0.3) is 0 Å². The highest BCUT2D eigenvalue weighted by Gasteiger charge is 2.78. The largest absolute Gasteiger partial charge is 0.458 e. The Balaban J connectivity index is 1.93. The highest BCUT2D eigenvalue weighted by Crippen LogP contribution is 2.72. The van der Waals surface area contributed by atoms with Gasteiger partial charge in [0.05, 0.1) is 6.10 Å². The predicted molar refractivity (Wildman–Crippen MR) is 163 cm³/mol. The molecule has 1 N–H and O–H groups in total. The van der Waals surface area contributed by atoms with Gasteiger partial charge in [0.2, 0.25) is 5.78 Å². The zero-order valence-electron chi connectivity index (χ0n) is 27.1. The van der Waals surface area contributed by atoms with Gasteiger partial charge in [0.25, 0.3) is 0 Å². The molecule has 0 bridgehead atoms. The first kappa shape index (κ1) is 33.6. The standard InChI is InChI=1S/C33H50FNO7Si/c1-9-35-29(39)41-33(27(38)20-40-22(6)36)21(5)17-26-25-14-13-23-18-24(37)15-16-30(23,7)32(25,34)28(19-31(26,33)8)42-43(10-2,11-3)12-4/h15-16,18,21,25-26,28H,9-14,17,19-20H2,1-8H3,(H,35,39)/t21-,25?,26?,28-,30-,31-,32?,33+/m0/s1. The molecular formula is C33H50FNO7Si. The molecule has 1 amide bonds. The summed E-state index contributed by atoms with van der Waals surface area (Å²) in [5.74, 6) is -2.54. The summed E-state index contributed by atoms with van der Waals surface area (Å²) in [6.45, 7) is 14.8. The van der Waals surface area contributed by atoms with Crippen LogP contribution in [-0.2, 0) is 28.3 Å². The average Bonchev–Trinajstić information content (AvgIpc) is 3.17. The molecule has 0 spiro atoms. The fraction of sp³-hybridized carbons (Fsp3) is 0.758. The van der Waals surface area contributed by atoms with E-state index in [-0.39, 0.29) is 18.1 Å². The fourth-order valence-corrected chi connectivity index (χ4v) is 12.3. The van der Waals surface area contributed by atoms with Crippen molar-refractivity contribution in [1.82, 2.24) is 5.32 Å². The number of ether oxygens (including phenoxy) is 2. The van der Waals surface area contributed by atoms with Crippen molar-refractivity contribution in [2.75, 3.05) is 13.2 Å². The molecule has 8 nitrogen and oxygen atoms in total. The number of amides is 1. The summed E-state index contributed by atoms with van der Waals surface area (Å²) in [7, 11) is -2.40. The third kappa shape index (κ3) is 4.95. The number of halogens is 1. The minimum Gasteiger partial charge on any atom is -0.458 e. The number of alkyl carbamates (subject to hydrolysis) is 1. The van der Waals surface area contributed by atoms with Crippen molar-refractivity contribution >= 4 is 31.9 Å². The van der Waals surface area contributed by atoms with Crippen LogP contribution in [-0.4, -0.2) is 62.5 Å². The maximum Gasteiger partial charge on any atom is 0.408 e. The van der Waals surface area contributed by atoms with E-state index in [1.165, 1.54) is 13.0 Å². The lowest BCUT2D eigenvalue weighted by molar-refractivity contribution is -0.215. The van der Waals surface area contributed by atoms with Crippen molar-refractivity contribution in [1.29, 1.82) is 0 Å². The summed E-state index contributed by atoms with van der Waals surface area (Å²) < 4.78 is 37.2. The molecule has 3 saturated carbocycles. The number of fused-ring (bicyclic) bond motifs is 5. The molecule has 4 aliphatic carbocycles. The smallest absolute Gasteiger partial charge is 0.408 e. The van der Waals surface area contributed by atoms with Gasteiger partial charge in [-0.25, -0.2) is 9.18 Å². The molecule has 0 aromatic heterocycles. The predicted octanol–water partition coefficient (Wildman–Crippen LogP) is 6.25. The molecule has 3 unspecified atom stereocenters. The second kappa shape index (κ2) is 11.9. The van der Waals surface area contributed by atoms with Gasteiger partial charge in [-0.1, -0.05) is 46.3 Å². The van der Waals surface area contributed by atoms with Gasteiger partial charge < -0.3 is 19.2 Å². The van der Waals surface area contributed by atoms with Gasteiger partial charge in [-0.3, -0.25) is 14.4 Å². The van der Waals surface area contributed by atoms with Crippen LogP contribution in [0.1, 0.15) is 81.1 Å². The number of esters is 1. The van der Waals surface area contributed by atoms with E-state index in [1.54, 1.807) is 19.1 Å². The first-order valence-electron chi connectivity index (χ1n) is 16.1. The zero-order chi connectivity index (χ0) is 32.0. The van der Waals surface area contributed by atoms with Crippen LogP contribution in [0.15, 0.2) is 23.8 Å². The molecule has 3 fully saturated rings. The number of carbonyl (C=O) groups excluding carboxylic acids is 4. The van der Waals surface area contributed by atoms with E-state index < -0.39 is 72.8 Å². The quantitative estimate of drug-likeness (QED) is 0.228. The molecular weight excluding hydrogens is 569 g/mol.